The van der Waals surface area contributed by atoms with Crippen molar-refractivity contribution in [2.75, 3.05) is 11.4 Å². The van der Waals surface area contributed by atoms with Crippen LogP contribution in [0.4, 0.5) is 11.4 Å². The van der Waals surface area contributed by atoms with Crippen molar-refractivity contribution in [2.45, 2.75) is 19.4 Å². The summed E-state index contributed by atoms with van der Waals surface area (Å²) in [6, 6.07) is 18.4. The predicted octanol–water partition coefficient (Wildman–Crippen LogP) is 4.52. The van der Waals surface area contributed by atoms with Crippen molar-refractivity contribution < 1.29 is 0 Å². The highest BCUT2D eigenvalue weighted by Gasteiger charge is 2.13. The van der Waals surface area contributed by atoms with E-state index in [9.17, 15) is 0 Å². The molecule has 0 saturated carbocycles. The maximum atomic E-state index is 8.89. The molecule has 0 heterocycles. The van der Waals surface area contributed by atoms with Gasteiger partial charge in [-0.15, -0.1) is 0 Å². The van der Waals surface area contributed by atoms with E-state index in [1.54, 1.807) is 0 Å². The first-order valence-corrected chi connectivity index (χ1v) is 7.67. The number of benzene rings is 2. The molecule has 0 aliphatic heterocycles. The van der Waals surface area contributed by atoms with E-state index < -0.39 is 0 Å². The van der Waals surface area contributed by atoms with Gasteiger partial charge >= 0.3 is 0 Å². The van der Waals surface area contributed by atoms with Crippen LogP contribution in [0.25, 0.3) is 0 Å². The molecule has 2 aromatic rings. The zero-order valence-electron chi connectivity index (χ0n) is 12.0. The topological polar surface area (TPSA) is 53.0 Å². The molecule has 2 N–H and O–H groups in total. The summed E-state index contributed by atoms with van der Waals surface area (Å²) in [5.41, 5.74) is 9.12. The van der Waals surface area contributed by atoms with Gasteiger partial charge in [-0.2, -0.15) is 5.26 Å². The number of nitriles is 1. The van der Waals surface area contributed by atoms with Crippen molar-refractivity contribution in [3.05, 3.63) is 58.6 Å². The van der Waals surface area contributed by atoms with Gasteiger partial charge in [0.25, 0.3) is 0 Å². The van der Waals surface area contributed by atoms with Gasteiger partial charge < -0.3 is 10.6 Å². The van der Waals surface area contributed by atoms with Crippen molar-refractivity contribution in [1.29, 1.82) is 5.26 Å². The number of anilines is 2. The SMILES string of the molecule is C[C@H](N)c1ccc(N(CCC#N)c2ccccc2)c(Br)c1. The molecule has 0 radical (unpaired) electrons. The van der Waals surface area contributed by atoms with Crippen molar-refractivity contribution in [1.82, 2.24) is 0 Å². The molecule has 0 aliphatic rings. The van der Waals surface area contributed by atoms with E-state index in [2.05, 4.69) is 26.9 Å². The van der Waals surface area contributed by atoms with Gasteiger partial charge in [-0.05, 0) is 52.7 Å². The quantitative estimate of drug-likeness (QED) is 0.868. The van der Waals surface area contributed by atoms with E-state index in [0.29, 0.717) is 13.0 Å². The minimum atomic E-state index is -0.000339. The molecule has 4 heteroatoms. The van der Waals surface area contributed by atoms with Crippen LogP contribution in [0.3, 0.4) is 0 Å². The second-order valence-electron chi connectivity index (χ2n) is 4.89. The molecule has 2 aromatic carbocycles. The van der Waals surface area contributed by atoms with Crippen LogP contribution in [0.15, 0.2) is 53.0 Å². The Kier molecular flexibility index (Phi) is 5.38. The lowest BCUT2D eigenvalue weighted by molar-refractivity contribution is 0.816. The van der Waals surface area contributed by atoms with E-state index >= 15 is 0 Å². The Balaban J connectivity index is 2.40. The number of halogens is 1. The van der Waals surface area contributed by atoms with Crippen LogP contribution in [0, 0.1) is 11.3 Å². The van der Waals surface area contributed by atoms with Crippen molar-refractivity contribution in [3.63, 3.8) is 0 Å². The van der Waals surface area contributed by atoms with Crippen LogP contribution in [0.1, 0.15) is 24.9 Å². The summed E-state index contributed by atoms with van der Waals surface area (Å²) < 4.78 is 0.985. The minimum Gasteiger partial charge on any atom is -0.340 e. The molecular weight excluding hydrogens is 326 g/mol. The fourth-order valence-electron chi connectivity index (χ4n) is 2.18. The Morgan fingerprint density at radius 2 is 1.95 bits per heavy atom. The standard InChI is InChI=1S/C17H18BrN3/c1-13(20)14-8-9-17(16(18)12-14)21(11-5-10-19)15-6-3-2-4-7-15/h2-4,6-9,12-13H,5,11,20H2,1H3/t13-/m0/s1. The van der Waals surface area contributed by atoms with Crippen molar-refractivity contribution >= 4 is 27.3 Å². The van der Waals surface area contributed by atoms with Crippen LogP contribution in [0.2, 0.25) is 0 Å². The molecule has 1 atom stereocenters. The first-order valence-electron chi connectivity index (χ1n) is 6.88. The molecule has 21 heavy (non-hydrogen) atoms. The highest BCUT2D eigenvalue weighted by atomic mass is 79.9. The lowest BCUT2D eigenvalue weighted by Crippen LogP contribution is -2.18. The molecule has 0 amide bonds. The summed E-state index contributed by atoms with van der Waals surface area (Å²) >= 11 is 3.63. The zero-order chi connectivity index (χ0) is 15.2. The second kappa shape index (κ2) is 7.26. The first-order chi connectivity index (χ1) is 10.1. The largest absolute Gasteiger partial charge is 0.340 e. The number of hydrogen-bond donors (Lipinski definition) is 1. The first kappa shape index (κ1) is 15.6. The summed E-state index contributed by atoms with van der Waals surface area (Å²) in [5, 5.41) is 8.89. The van der Waals surface area contributed by atoms with Crippen LogP contribution in [-0.2, 0) is 0 Å². The monoisotopic (exact) mass is 343 g/mol. The molecule has 3 nitrogen and oxygen atoms in total. The maximum absolute atomic E-state index is 8.89. The average Bonchev–Trinajstić information content (AvgIpc) is 2.50. The summed E-state index contributed by atoms with van der Waals surface area (Å²) in [6.45, 7) is 2.61. The van der Waals surface area contributed by atoms with Gasteiger partial charge in [0, 0.05) is 22.7 Å². The number of rotatable bonds is 5. The van der Waals surface area contributed by atoms with E-state index in [1.807, 2.05) is 55.5 Å². The third-order valence-corrected chi connectivity index (χ3v) is 3.94. The Bertz CT molecular complexity index is 632. The van der Waals surface area contributed by atoms with Gasteiger partial charge in [0.2, 0.25) is 0 Å². The average molecular weight is 344 g/mol. The van der Waals surface area contributed by atoms with Crippen LogP contribution in [-0.4, -0.2) is 6.54 Å². The molecule has 0 aliphatic carbocycles. The van der Waals surface area contributed by atoms with Gasteiger partial charge in [0.05, 0.1) is 18.2 Å². The van der Waals surface area contributed by atoms with Gasteiger partial charge in [-0.1, -0.05) is 24.3 Å². The van der Waals surface area contributed by atoms with E-state index in [0.717, 1.165) is 21.4 Å². The van der Waals surface area contributed by atoms with E-state index in [-0.39, 0.29) is 6.04 Å². The molecule has 0 bridgehead atoms. The van der Waals surface area contributed by atoms with Crippen LogP contribution >= 0.6 is 15.9 Å². The lowest BCUT2D eigenvalue weighted by atomic mass is 10.1. The van der Waals surface area contributed by atoms with Crippen molar-refractivity contribution in [2.24, 2.45) is 5.73 Å². The van der Waals surface area contributed by atoms with Gasteiger partial charge in [0.15, 0.2) is 0 Å². The second-order valence-corrected chi connectivity index (χ2v) is 5.75. The van der Waals surface area contributed by atoms with E-state index in [4.69, 9.17) is 11.0 Å². The fourth-order valence-corrected chi connectivity index (χ4v) is 2.79. The molecule has 0 aromatic heterocycles. The summed E-state index contributed by atoms with van der Waals surface area (Å²) in [4.78, 5) is 2.14. The predicted molar refractivity (Wildman–Crippen MR) is 90.4 cm³/mol. The Labute approximate surface area is 134 Å². The summed E-state index contributed by atoms with van der Waals surface area (Å²) in [7, 11) is 0. The molecule has 0 unspecified atom stereocenters. The third kappa shape index (κ3) is 3.84. The fraction of sp³-hybridized carbons (Fsp3) is 0.235. The normalized spacial score (nSPS) is 11.7. The number of nitrogens with zero attached hydrogens (tertiary/aromatic N) is 2. The molecule has 108 valence electrons. The highest BCUT2D eigenvalue weighted by molar-refractivity contribution is 9.10. The molecule has 2 rings (SSSR count). The number of hydrogen-bond acceptors (Lipinski definition) is 3. The van der Waals surface area contributed by atoms with Gasteiger partial charge in [-0.3, -0.25) is 0 Å². The lowest BCUT2D eigenvalue weighted by Gasteiger charge is -2.26. The Hall–Kier alpha value is -1.83. The Morgan fingerprint density at radius 3 is 2.52 bits per heavy atom. The molecule has 0 spiro atoms. The minimum absolute atomic E-state index is 0.000339. The number of nitrogens with two attached hydrogens (primary N) is 1. The third-order valence-electron chi connectivity index (χ3n) is 3.30. The summed E-state index contributed by atoms with van der Waals surface area (Å²) in [5.74, 6) is 0. The van der Waals surface area contributed by atoms with Crippen LogP contribution < -0.4 is 10.6 Å². The van der Waals surface area contributed by atoms with Gasteiger partial charge in [-0.25, -0.2) is 0 Å². The summed E-state index contributed by atoms with van der Waals surface area (Å²) in [6.07, 6.45) is 0.469. The zero-order valence-corrected chi connectivity index (χ0v) is 13.5. The Morgan fingerprint density at radius 1 is 1.24 bits per heavy atom. The van der Waals surface area contributed by atoms with Crippen LogP contribution in [0.5, 0.6) is 0 Å². The molecule has 0 saturated heterocycles. The highest BCUT2D eigenvalue weighted by Crippen LogP contribution is 2.33. The maximum Gasteiger partial charge on any atom is 0.0640 e. The molecule has 0 fully saturated rings. The number of para-hydroxylation sites is 1. The van der Waals surface area contributed by atoms with E-state index in [1.165, 1.54) is 0 Å². The van der Waals surface area contributed by atoms with Crippen molar-refractivity contribution in [3.8, 4) is 6.07 Å². The van der Waals surface area contributed by atoms with Gasteiger partial charge in [0.1, 0.15) is 0 Å². The smallest absolute Gasteiger partial charge is 0.0640 e. The molecular formula is C17H18BrN3.